The van der Waals surface area contributed by atoms with Crippen molar-refractivity contribution in [1.29, 1.82) is 0 Å². The summed E-state index contributed by atoms with van der Waals surface area (Å²) in [5.74, 6) is 0.391. The van der Waals surface area contributed by atoms with E-state index in [-0.39, 0.29) is 30.7 Å². The third kappa shape index (κ3) is 5.63. The van der Waals surface area contributed by atoms with Crippen LogP contribution in [0.15, 0.2) is 66.7 Å². The largest absolute Gasteiger partial charge is 0.352 e. The fourth-order valence-electron chi connectivity index (χ4n) is 4.71. The van der Waals surface area contributed by atoms with Crippen LogP contribution in [0.3, 0.4) is 0 Å². The van der Waals surface area contributed by atoms with E-state index in [1.807, 2.05) is 47.4 Å². The smallest absolute Gasteiger partial charge is 0.255 e. The highest BCUT2D eigenvalue weighted by Crippen LogP contribution is 2.25. The van der Waals surface area contributed by atoms with Crippen LogP contribution in [0.25, 0.3) is 10.8 Å². The molecule has 4 rings (SSSR count). The predicted octanol–water partition coefficient (Wildman–Crippen LogP) is 4.72. The van der Waals surface area contributed by atoms with Crippen LogP contribution in [0.5, 0.6) is 0 Å². The van der Waals surface area contributed by atoms with Crippen molar-refractivity contribution in [2.24, 2.45) is 11.8 Å². The molecule has 3 aromatic rings. The van der Waals surface area contributed by atoms with Crippen molar-refractivity contribution in [2.45, 2.75) is 26.7 Å². The Kier molecular flexibility index (Phi) is 7.26. The van der Waals surface area contributed by atoms with Gasteiger partial charge in [-0.15, -0.1) is 0 Å². The average Bonchev–Trinajstić information content (AvgIpc) is 2.83. The average molecular weight is 458 g/mol. The molecule has 1 aliphatic rings. The molecule has 0 radical (unpaired) electrons. The zero-order valence-electron chi connectivity index (χ0n) is 19.7. The molecule has 176 valence electrons. The molecule has 1 fully saturated rings. The van der Waals surface area contributed by atoms with Crippen LogP contribution in [0.4, 0.5) is 5.69 Å². The van der Waals surface area contributed by atoms with Crippen molar-refractivity contribution in [2.75, 3.05) is 25.0 Å². The Morgan fingerprint density at radius 3 is 2.32 bits per heavy atom. The van der Waals surface area contributed by atoms with Gasteiger partial charge in [0.2, 0.25) is 5.91 Å². The number of nitrogens with one attached hydrogen (secondary N) is 2. The first-order chi connectivity index (χ1) is 16.4. The molecule has 6 nitrogen and oxygen atoms in total. The summed E-state index contributed by atoms with van der Waals surface area (Å²) in [7, 11) is 0. The molecule has 0 aliphatic carbocycles. The van der Waals surface area contributed by atoms with Crippen molar-refractivity contribution in [3.8, 4) is 0 Å². The summed E-state index contributed by atoms with van der Waals surface area (Å²) in [6.07, 6.45) is 1.23. The Morgan fingerprint density at radius 1 is 0.882 bits per heavy atom. The number of fused-ring (bicyclic) bond motifs is 1. The normalized spacial score (nSPS) is 17.9. The number of carbonyl (C=O) groups is 3. The molecule has 6 heteroatoms. The number of anilines is 1. The summed E-state index contributed by atoms with van der Waals surface area (Å²) in [5.41, 5.74) is 1.56. The van der Waals surface area contributed by atoms with Gasteiger partial charge in [0.05, 0.1) is 11.3 Å². The van der Waals surface area contributed by atoms with Gasteiger partial charge in [0.15, 0.2) is 0 Å². The maximum atomic E-state index is 13.2. The molecule has 34 heavy (non-hydrogen) atoms. The molecule has 0 spiro atoms. The van der Waals surface area contributed by atoms with Gasteiger partial charge >= 0.3 is 0 Å². The molecule has 0 aromatic heterocycles. The number of carbonyl (C=O) groups excluding carboxylic acids is 3. The van der Waals surface area contributed by atoms with Crippen molar-refractivity contribution in [3.05, 3.63) is 77.9 Å². The first kappa shape index (κ1) is 23.5. The monoisotopic (exact) mass is 457 g/mol. The van der Waals surface area contributed by atoms with Crippen molar-refractivity contribution in [3.63, 3.8) is 0 Å². The van der Waals surface area contributed by atoms with Crippen molar-refractivity contribution >= 4 is 34.2 Å². The molecule has 1 heterocycles. The van der Waals surface area contributed by atoms with E-state index in [1.165, 1.54) is 0 Å². The Hall–Kier alpha value is -3.67. The topological polar surface area (TPSA) is 78.5 Å². The lowest BCUT2D eigenvalue weighted by Crippen LogP contribution is -2.42. The van der Waals surface area contributed by atoms with Gasteiger partial charge in [0, 0.05) is 31.6 Å². The van der Waals surface area contributed by atoms with Crippen LogP contribution in [0.2, 0.25) is 0 Å². The summed E-state index contributed by atoms with van der Waals surface area (Å²) in [4.78, 5) is 40.1. The van der Waals surface area contributed by atoms with Crippen LogP contribution in [0.1, 0.15) is 47.4 Å². The van der Waals surface area contributed by atoms with Crippen molar-refractivity contribution in [1.82, 2.24) is 10.2 Å². The van der Waals surface area contributed by atoms with Gasteiger partial charge in [0.25, 0.3) is 11.8 Å². The molecular weight excluding hydrogens is 426 g/mol. The highest BCUT2D eigenvalue weighted by molar-refractivity contribution is 6.04. The Labute approximate surface area is 200 Å². The molecule has 2 unspecified atom stereocenters. The maximum absolute atomic E-state index is 13.2. The van der Waals surface area contributed by atoms with E-state index in [2.05, 4.69) is 24.5 Å². The van der Waals surface area contributed by atoms with E-state index in [0.29, 0.717) is 28.7 Å². The number of likely N-dealkylation sites (tertiary alicyclic amines) is 1. The van der Waals surface area contributed by atoms with E-state index >= 15 is 0 Å². The minimum absolute atomic E-state index is 0.0566. The Morgan fingerprint density at radius 2 is 1.56 bits per heavy atom. The summed E-state index contributed by atoms with van der Waals surface area (Å²) in [6.45, 7) is 5.99. The van der Waals surface area contributed by atoms with E-state index in [0.717, 1.165) is 30.3 Å². The SMILES string of the molecule is CC1CC(C)CN(C(=O)c2ccccc2NC(=O)CCNC(=O)c2ccc3ccccc3c2)C1. The zero-order valence-corrected chi connectivity index (χ0v) is 19.7. The lowest BCUT2D eigenvalue weighted by atomic mass is 9.91. The first-order valence-corrected chi connectivity index (χ1v) is 11.9. The zero-order chi connectivity index (χ0) is 24.1. The van der Waals surface area contributed by atoms with Gasteiger partial charge in [0.1, 0.15) is 0 Å². The number of hydrogen-bond donors (Lipinski definition) is 2. The lowest BCUT2D eigenvalue weighted by Gasteiger charge is -2.35. The minimum Gasteiger partial charge on any atom is -0.352 e. The summed E-state index contributed by atoms with van der Waals surface area (Å²) >= 11 is 0. The number of benzene rings is 3. The second-order valence-corrected chi connectivity index (χ2v) is 9.32. The van der Waals surface area contributed by atoms with Crippen LogP contribution in [-0.4, -0.2) is 42.3 Å². The molecule has 3 aromatic carbocycles. The quantitative estimate of drug-likeness (QED) is 0.562. The molecule has 2 atom stereocenters. The van der Waals surface area contributed by atoms with E-state index in [1.54, 1.807) is 24.3 Å². The van der Waals surface area contributed by atoms with Crippen LogP contribution >= 0.6 is 0 Å². The van der Waals surface area contributed by atoms with E-state index in [9.17, 15) is 14.4 Å². The molecule has 2 N–H and O–H groups in total. The van der Waals surface area contributed by atoms with Gasteiger partial charge in [-0.2, -0.15) is 0 Å². The van der Waals surface area contributed by atoms with E-state index < -0.39 is 0 Å². The van der Waals surface area contributed by atoms with Crippen molar-refractivity contribution < 1.29 is 14.4 Å². The highest BCUT2D eigenvalue weighted by atomic mass is 16.2. The standard InChI is InChI=1S/C28H31N3O3/c1-19-15-20(2)18-31(17-19)28(34)24-9-5-6-10-25(24)30-26(32)13-14-29-27(33)23-12-11-21-7-3-4-8-22(21)16-23/h3-12,16,19-20H,13-15,17-18H2,1-2H3,(H,29,33)(H,30,32). The molecular formula is C28H31N3O3. The fraction of sp³-hybridized carbons (Fsp3) is 0.321. The number of rotatable bonds is 6. The van der Waals surface area contributed by atoms with Gasteiger partial charge in [-0.1, -0.05) is 56.3 Å². The molecule has 1 aliphatic heterocycles. The Bertz CT molecular complexity index is 1200. The summed E-state index contributed by atoms with van der Waals surface area (Å²) in [6, 6.07) is 20.5. The Balaban J connectivity index is 1.33. The molecule has 3 amide bonds. The van der Waals surface area contributed by atoms with Crippen LogP contribution in [0, 0.1) is 11.8 Å². The van der Waals surface area contributed by atoms with Crippen LogP contribution < -0.4 is 10.6 Å². The first-order valence-electron chi connectivity index (χ1n) is 11.9. The number of hydrogen-bond acceptors (Lipinski definition) is 3. The fourth-order valence-corrected chi connectivity index (χ4v) is 4.71. The third-order valence-electron chi connectivity index (χ3n) is 6.24. The number of para-hydroxylation sites is 1. The number of amides is 3. The number of nitrogens with zero attached hydrogens (tertiary/aromatic N) is 1. The molecule has 0 saturated carbocycles. The van der Waals surface area contributed by atoms with E-state index in [4.69, 9.17) is 0 Å². The predicted molar refractivity (Wildman–Crippen MR) is 135 cm³/mol. The van der Waals surface area contributed by atoms with Gasteiger partial charge in [-0.3, -0.25) is 14.4 Å². The summed E-state index contributed by atoms with van der Waals surface area (Å²) in [5, 5.41) is 7.72. The molecule has 0 bridgehead atoms. The minimum atomic E-state index is -0.251. The van der Waals surface area contributed by atoms with Crippen LogP contribution in [-0.2, 0) is 4.79 Å². The second kappa shape index (κ2) is 10.5. The van der Waals surface area contributed by atoms with Gasteiger partial charge < -0.3 is 15.5 Å². The summed E-state index contributed by atoms with van der Waals surface area (Å²) < 4.78 is 0. The third-order valence-corrected chi connectivity index (χ3v) is 6.24. The molecule has 1 saturated heterocycles. The van der Waals surface area contributed by atoms with Gasteiger partial charge in [-0.25, -0.2) is 0 Å². The number of piperidine rings is 1. The highest BCUT2D eigenvalue weighted by Gasteiger charge is 2.27. The lowest BCUT2D eigenvalue weighted by molar-refractivity contribution is -0.116. The second-order valence-electron chi connectivity index (χ2n) is 9.32. The maximum Gasteiger partial charge on any atom is 0.255 e. The van der Waals surface area contributed by atoms with Gasteiger partial charge in [-0.05, 0) is 53.3 Å².